The molecule has 1 unspecified atom stereocenters. The van der Waals surface area contributed by atoms with Crippen molar-refractivity contribution in [2.24, 2.45) is 0 Å². The van der Waals surface area contributed by atoms with Crippen LogP contribution in [-0.4, -0.2) is 46.9 Å². The number of rotatable bonds is 7. The summed E-state index contributed by atoms with van der Waals surface area (Å²) >= 11 is 4.76. The standard InChI is InChI=1S/C13H17BrN2O4S/c1-8(13(19)20)16(6-5-15-9(2)17)12(18)7-10-3-4-11(14)21-10/h3-4,8H,5-7H2,1-2H3,(H,15,17)(H,19,20). The molecule has 0 fully saturated rings. The Morgan fingerprint density at radius 1 is 1.43 bits per heavy atom. The molecule has 21 heavy (non-hydrogen) atoms. The summed E-state index contributed by atoms with van der Waals surface area (Å²) in [6.07, 6.45) is 0.147. The van der Waals surface area contributed by atoms with Crippen LogP contribution < -0.4 is 5.32 Å². The molecule has 2 N–H and O–H groups in total. The van der Waals surface area contributed by atoms with Crippen molar-refractivity contribution >= 4 is 45.1 Å². The fraction of sp³-hybridized carbons (Fsp3) is 0.462. The van der Waals surface area contributed by atoms with Gasteiger partial charge in [-0.2, -0.15) is 0 Å². The third-order valence-corrected chi connectivity index (χ3v) is 4.45. The topological polar surface area (TPSA) is 86.7 Å². The zero-order valence-electron chi connectivity index (χ0n) is 11.8. The monoisotopic (exact) mass is 376 g/mol. The molecule has 0 bridgehead atoms. The van der Waals surface area contributed by atoms with Gasteiger partial charge < -0.3 is 15.3 Å². The highest BCUT2D eigenvalue weighted by atomic mass is 79.9. The van der Waals surface area contributed by atoms with Crippen molar-refractivity contribution in [3.05, 3.63) is 20.8 Å². The van der Waals surface area contributed by atoms with E-state index >= 15 is 0 Å². The summed E-state index contributed by atoms with van der Waals surface area (Å²) < 4.78 is 0.918. The molecule has 2 amide bonds. The normalized spacial score (nSPS) is 11.8. The van der Waals surface area contributed by atoms with Crippen LogP contribution in [0.5, 0.6) is 0 Å². The van der Waals surface area contributed by atoms with E-state index in [9.17, 15) is 14.4 Å². The van der Waals surface area contributed by atoms with Crippen LogP contribution in [0.25, 0.3) is 0 Å². The third kappa shape index (κ3) is 5.84. The van der Waals surface area contributed by atoms with E-state index < -0.39 is 12.0 Å². The second-order valence-corrected chi connectivity index (χ2v) is 7.01. The summed E-state index contributed by atoms with van der Waals surface area (Å²) in [5, 5.41) is 11.7. The Labute approximate surface area is 135 Å². The molecule has 6 nitrogen and oxygen atoms in total. The number of carboxylic acid groups (broad SMARTS) is 1. The van der Waals surface area contributed by atoms with Crippen molar-refractivity contribution in [3.8, 4) is 0 Å². The lowest BCUT2D eigenvalue weighted by molar-refractivity contribution is -0.149. The first kappa shape index (κ1) is 17.6. The lowest BCUT2D eigenvalue weighted by Crippen LogP contribution is -2.47. The molecule has 0 aliphatic heterocycles. The van der Waals surface area contributed by atoms with Crippen LogP contribution in [0.1, 0.15) is 18.7 Å². The number of hydrogen-bond donors (Lipinski definition) is 2. The van der Waals surface area contributed by atoms with Crippen molar-refractivity contribution in [1.29, 1.82) is 0 Å². The minimum Gasteiger partial charge on any atom is -0.480 e. The van der Waals surface area contributed by atoms with Gasteiger partial charge in [-0.05, 0) is 35.0 Å². The first-order valence-corrected chi connectivity index (χ1v) is 7.93. The van der Waals surface area contributed by atoms with Gasteiger partial charge in [-0.3, -0.25) is 9.59 Å². The molecular formula is C13H17BrN2O4S. The number of carboxylic acids is 1. The highest BCUT2D eigenvalue weighted by Crippen LogP contribution is 2.23. The molecular weight excluding hydrogens is 360 g/mol. The predicted octanol–water partition coefficient (Wildman–Crippen LogP) is 1.49. The van der Waals surface area contributed by atoms with Crippen LogP contribution in [0.15, 0.2) is 15.9 Å². The van der Waals surface area contributed by atoms with Gasteiger partial charge in [0.05, 0.1) is 10.2 Å². The number of nitrogens with zero attached hydrogens (tertiary/aromatic N) is 1. The Bertz CT molecular complexity index is 532. The zero-order chi connectivity index (χ0) is 16.0. The minimum atomic E-state index is -1.07. The molecule has 1 aromatic rings. The summed E-state index contributed by atoms with van der Waals surface area (Å²) in [5.74, 6) is -1.56. The Hall–Kier alpha value is -1.41. The lowest BCUT2D eigenvalue weighted by atomic mass is 10.2. The molecule has 0 aromatic carbocycles. The number of nitrogens with one attached hydrogen (secondary N) is 1. The zero-order valence-corrected chi connectivity index (χ0v) is 14.2. The molecule has 116 valence electrons. The van der Waals surface area contributed by atoms with E-state index in [0.29, 0.717) is 0 Å². The van der Waals surface area contributed by atoms with Gasteiger partial charge in [0, 0.05) is 24.9 Å². The van der Waals surface area contributed by atoms with Crippen molar-refractivity contribution < 1.29 is 19.5 Å². The van der Waals surface area contributed by atoms with E-state index in [0.717, 1.165) is 8.66 Å². The average Bonchev–Trinajstić information content (AvgIpc) is 2.78. The molecule has 8 heteroatoms. The quantitative estimate of drug-likeness (QED) is 0.754. The van der Waals surface area contributed by atoms with E-state index in [2.05, 4.69) is 21.2 Å². The highest BCUT2D eigenvalue weighted by molar-refractivity contribution is 9.11. The first-order chi connectivity index (χ1) is 9.81. The maximum absolute atomic E-state index is 12.3. The number of carbonyl (C=O) groups is 3. The molecule has 0 aliphatic rings. The summed E-state index contributed by atoms with van der Waals surface area (Å²) in [4.78, 5) is 36.4. The Kier molecular flexibility index (Phi) is 6.83. The van der Waals surface area contributed by atoms with Crippen LogP contribution >= 0.6 is 27.3 Å². The van der Waals surface area contributed by atoms with Crippen LogP contribution in [0.3, 0.4) is 0 Å². The molecule has 0 aliphatic carbocycles. The van der Waals surface area contributed by atoms with Gasteiger partial charge in [0.1, 0.15) is 6.04 Å². The lowest BCUT2D eigenvalue weighted by Gasteiger charge is -2.26. The summed E-state index contributed by atoms with van der Waals surface area (Å²) in [5.41, 5.74) is 0. The Morgan fingerprint density at radius 2 is 2.10 bits per heavy atom. The number of halogens is 1. The average molecular weight is 377 g/mol. The SMILES string of the molecule is CC(=O)NCCN(C(=O)Cc1ccc(Br)s1)C(C)C(=O)O. The minimum absolute atomic E-state index is 0.147. The molecule has 0 radical (unpaired) electrons. The third-order valence-electron chi connectivity index (χ3n) is 2.83. The van der Waals surface area contributed by atoms with Gasteiger partial charge in [-0.15, -0.1) is 11.3 Å². The highest BCUT2D eigenvalue weighted by Gasteiger charge is 2.25. The van der Waals surface area contributed by atoms with E-state index in [4.69, 9.17) is 5.11 Å². The van der Waals surface area contributed by atoms with Gasteiger partial charge in [0.2, 0.25) is 11.8 Å². The Balaban J connectivity index is 2.71. The molecule has 0 saturated heterocycles. The van der Waals surface area contributed by atoms with E-state index in [1.165, 1.54) is 30.1 Å². The van der Waals surface area contributed by atoms with Crippen molar-refractivity contribution in [2.45, 2.75) is 26.3 Å². The maximum Gasteiger partial charge on any atom is 0.326 e. The summed E-state index contributed by atoms with van der Waals surface area (Å²) in [7, 11) is 0. The maximum atomic E-state index is 12.3. The van der Waals surface area contributed by atoms with Gasteiger partial charge in [0.25, 0.3) is 0 Å². The Morgan fingerprint density at radius 3 is 2.57 bits per heavy atom. The largest absolute Gasteiger partial charge is 0.480 e. The molecule has 1 aromatic heterocycles. The fourth-order valence-corrected chi connectivity index (χ4v) is 3.19. The van der Waals surface area contributed by atoms with Gasteiger partial charge in [-0.25, -0.2) is 4.79 Å². The smallest absolute Gasteiger partial charge is 0.326 e. The van der Waals surface area contributed by atoms with Crippen molar-refractivity contribution in [2.75, 3.05) is 13.1 Å². The number of amides is 2. The van der Waals surface area contributed by atoms with Crippen LogP contribution in [-0.2, 0) is 20.8 Å². The van der Waals surface area contributed by atoms with Gasteiger partial charge >= 0.3 is 5.97 Å². The van der Waals surface area contributed by atoms with Crippen LogP contribution in [0.4, 0.5) is 0 Å². The number of carbonyl (C=O) groups excluding carboxylic acids is 2. The summed E-state index contributed by atoms with van der Waals surface area (Å²) in [6.45, 7) is 3.22. The molecule has 0 spiro atoms. The molecule has 0 saturated carbocycles. The first-order valence-electron chi connectivity index (χ1n) is 6.32. The predicted molar refractivity (Wildman–Crippen MR) is 83.2 cm³/mol. The van der Waals surface area contributed by atoms with Crippen molar-refractivity contribution in [1.82, 2.24) is 10.2 Å². The number of hydrogen-bond acceptors (Lipinski definition) is 4. The van der Waals surface area contributed by atoms with Crippen LogP contribution in [0.2, 0.25) is 0 Å². The van der Waals surface area contributed by atoms with E-state index in [1.807, 2.05) is 12.1 Å². The number of thiophene rings is 1. The molecule has 1 atom stereocenters. The van der Waals surface area contributed by atoms with E-state index in [-0.39, 0.29) is 31.3 Å². The van der Waals surface area contributed by atoms with Crippen molar-refractivity contribution in [3.63, 3.8) is 0 Å². The van der Waals surface area contributed by atoms with Crippen LogP contribution in [0, 0.1) is 0 Å². The second-order valence-electron chi connectivity index (χ2n) is 4.47. The number of aliphatic carboxylic acids is 1. The van der Waals surface area contributed by atoms with Gasteiger partial charge in [-0.1, -0.05) is 0 Å². The van der Waals surface area contributed by atoms with E-state index in [1.54, 1.807) is 0 Å². The molecule has 1 heterocycles. The van der Waals surface area contributed by atoms with Gasteiger partial charge in [0.15, 0.2) is 0 Å². The molecule has 1 rings (SSSR count). The fourth-order valence-electron chi connectivity index (χ4n) is 1.72. The second kappa shape index (κ2) is 8.14. The summed E-state index contributed by atoms with van der Waals surface area (Å²) in [6, 6.07) is 2.73.